The average Bonchev–Trinajstić information content (AvgIpc) is 2.77. The van der Waals surface area contributed by atoms with E-state index in [9.17, 15) is 19.1 Å². The zero-order valence-electron chi connectivity index (χ0n) is 17.4. The Morgan fingerprint density at radius 3 is 2.45 bits per heavy atom. The van der Waals surface area contributed by atoms with Gasteiger partial charge >= 0.3 is 0 Å². The summed E-state index contributed by atoms with van der Waals surface area (Å²) in [6.07, 6.45) is 0.371. The molecule has 0 bridgehead atoms. The SMILES string of the molecule is CN(C)C(Cc1nc(C(=O)NCc2ccc(F)cc2)c(CO)c(=O)[nH]1)c1ccccc1. The average molecular weight is 424 g/mol. The number of H-pyrrole nitrogens is 1. The van der Waals surface area contributed by atoms with Crippen molar-refractivity contribution in [2.75, 3.05) is 14.1 Å². The Morgan fingerprint density at radius 1 is 1.16 bits per heavy atom. The third-order valence-corrected chi connectivity index (χ3v) is 5.00. The highest BCUT2D eigenvalue weighted by atomic mass is 19.1. The van der Waals surface area contributed by atoms with E-state index in [1.165, 1.54) is 12.1 Å². The topological polar surface area (TPSA) is 98.3 Å². The molecule has 3 N–H and O–H groups in total. The van der Waals surface area contributed by atoms with E-state index in [-0.39, 0.29) is 29.7 Å². The Kier molecular flexibility index (Phi) is 7.28. The molecule has 0 radical (unpaired) electrons. The highest BCUT2D eigenvalue weighted by molar-refractivity contribution is 5.93. The maximum Gasteiger partial charge on any atom is 0.270 e. The minimum Gasteiger partial charge on any atom is -0.391 e. The quantitative estimate of drug-likeness (QED) is 0.515. The fourth-order valence-electron chi connectivity index (χ4n) is 3.30. The summed E-state index contributed by atoms with van der Waals surface area (Å²) in [6.45, 7) is -0.476. The molecule has 1 amide bonds. The summed E-state index contributed by atoms with van der Waals surface area (Å²) in [5, 5.41) is 12.3. The van der Waals surface area contributed by atoms with Crippen molar-refractivity contribution in [3.8, 4) is 0 Å². The number of benzene rings is 2. The molecule has 0 spiro atoms. The zero-order chi connectivity index (χ0) is 22.4. The summed E-state index contributed by atoms with van der Waals surface area (Å²) in [5.74, 6) is -0.606. The fraction of sp³-hybridized carbons (Fsp3) is 0.261. The number of halogens is 1. The van der Waals surface area contributed by atoms with Crippen LogP contribution in [0.3, 0.4) is 0 Å². The second kappa shape index (κ2) is 10.1. The number of nitrogens with zero attached hydrogens (tertiary/aromatic N) is 2. The molecule has 0 aliphatic carbocycles. The number of aliphatic hydroxyl groups is 1. The normalized spacial score (nSPS) is 12.0. The molecular formula is C23H25FN4O3. The van der Waals surface area contributed by atoms with Gasteiger partial charge in [-0.3, -0.25) is 9.59 Å². The van der Waals surface area contributed by atoms with E-state index in [4.69, 9.17) is 0 Å². The largest absolute Gasteiger partial charge is 0.391 e. The molecule has 0 fully saturated rings. The first-order valence-electron chi connectivity index (χ1n) is 9.86. The van der Waals surface area contributed by atoms with Gasteiger partial charge in [-0.2, -0.15) is 0 Å². The predicted octanol–water partition coefficient (Wildman–Crippen LogP) is 2.18. The maximum absolute atomic E-state index is 13.1. The van der Waals surface area contributed by atoms with Crippen LogP contribution in [0.2, 0.25) is 0 Å². The monoisotopic (exact) mass is 424 g/mol. The number of aromatic nitrogens is 2. The lowest BCUT2D eigenvalue weighted by molar-refractivity contribution is 0.0941. The molecule has 1 atom stereocenters. The third-order valence-electron chi connectivity index (χ3n) is 5.00. The number of hydrogen-bond donors (Lipinski definition) is 3. The lowest BCUT2D eigenvalue weighted by Gasteiger charge is -2.24. The Labute approximate surface area is 179 Å². The molecule has 3 rings (SSSR count). The van der Waals surface area contributed by atoms with Crippen molar-refractivity contribution in [2.24, 2.45) is 0 Å². The number of rotatable bonds is 8. The maximum atomic E-state index is 13.1. The number of hydrogen-bond acceptors (Lipinski definition) is 5. The van der Waals surface area contributed by atoms with Gasteiger partial charge in [0.1, 0.15) is 17.3 Å². The highest BCUT2D eigenvalue weighted by Gasteiger charge is 2.21. The molecular weight excluding hydrogens is 399 g/mol. The molecule has 2 aromatic carbocycles. The molecule has 0 aliphatic heterocycles. The predicted molar refractivity (Wildman–Crippen MR) is 115 cm³/mol. The van der Waals surface area contributed by atoms with E-state index >= 15 is 0 Å². The van der Waals surface area contributed by atoms with Crippen molar-refractivity contribution in [1.29, 1.82) is 0 Å². The summed E-state index contributed by atoms with van der Waals surface area (Å²) in [4.78, 5) is 34.3. The van der Waals surface area contributed by atoms with Crippen molar-refractivity contribution in [1.82, 2.24) is 20.2 Å². The minimum absolute atomic E-state index is 0.0700. The van der Waals surface area contributed by atoms with Gasteiger partial charge in [0, 0.05) is 19.0 Å². The van der Waals surface area contributed by atoms with Crippen LogP contribution in [0.1, 0.15) is 39.0 Å². The molecule has 1 heterocycles. The van der Waals surface area contributed by atoms with Gasteiger partial charge in [0.25, 0.3) is 11.5 Å². The first-order chi connectivity index (χ1) is 14.9. The second-order valence-corrected chi connectivity index (χ2v) is 7.40. The van der Waals surface area contributed by atoms with Crippen LogP contribution in [0.25, 0.3) is 0 Å². The van der Waals surface area contributed by atoms with Crippen molar-refractivity contribution in [2.45, 2.75) is 25.6 Å². The molecule has 0 aliphatic rings. The number of aliphatic hydroxyl groups excluding tert-OH is 1. The first-order valence-corrected chi connectivity index (χ1v) is 9.86. The van der Waals surface area contributed by atoms with Gasteiger partial charge in [0.05, 0.1) is 12.2 Å². The van der Waals surface area contributed by atoms with Crippen LogP contribution in [0.5, 0.6) is 0 Å². The van der Waals surface area contributed by atoms with E-state index < -0.39 is 18.1 Å². The zero-order valence-corrected chi connectivity index (χ0v) is 17.4. The molecule has 162 valence electrons. The highest BCUT2D eigenvalue weighted by Crippen LogP contribution is 2.21. The molecule has 1 aromatic heterocycles. The summed E-state index contributed by atoms with van der Waals surface area (Å²) >= 11 is 0. The smallest absolute Gasteiger partial charge is 0.270 e. The van der Waals surface area contributed by atoms with Crippen molar-refractivity contribution in [3.05, 3.63) is 99.0 Å². The van der Waals surface area contributed by atoms with Gasteiger partial charge < -0.3 is 20.3 Å². The first kappa shape index (κ1) is 22.3. The van der Waals surface area contributed by atoms with E-state index in [0.29, 0.717) is 17.8 Å². The van der Waals surface area contributed by atoms with Gasteiger partial charge in [-0.05, 0) is 37.4 Å². The third kappa shape index (κ3) is 5.62. The van der Waals surface area contributed by atoms with Gasteiger partial charge in [-0.15, -0.1) is 0 Å². The van der Waals surface area contributed by atoms with Crippen LogP contribution >= 0.6 is 0 Å². The number of aromatic amines is 1. The van der Waals surface area contributed by atoms with Crippen LogP contribution in [0, 0.1) is 5.82 Å². The van der Waals surface area contributed by atoms with Gasteiger partial charge in [0.15, 0.2) is 0 Å². The number of carbonyl (C=O) groups excluding carboxylic acids is 1. The number of nitrogens with one attached hydrogen (secondary N) is 2. The Bertz CT molecular complexity index is 1080. The standard InChI is InChI=1S/C23H25FN4O3/c1-28(2)19(16-6-4-3-5-7-16)12-20-26-21(18(14-29)22(30)27-20)23(31)25-13-15-8-10-17(24)11-9-15/h3-11,19,29H,12-14H2,1-2H3,(H,25,31)(H,26,27,30). The summed E-state index contributed by atoms with van der Waals surface area (Å²) in [6, 6.07) is 15.4. The Hall–Kier alpha value is -3.36. The molecule has 7 nitrogen and oxygen atoms in total. The van der Waals surface area contributed by atoms with Crippen molar-refractivity contribution in [3.63, 3.8) is 0 Å². The fourth-order valence-corrected chi connectivity index (χ4v) is 3.30. The number of likely N-dealkylation sites (N-methyl/N-ethyl adjacent to an activating group) is 1. The molecule has 0 saturated carbocycles. The van der Waals surface area contributed by atoms with Gasteiger partial charge in [-0.1, -0.05) is 42.5 Å². The van der Waals surface area contributed by atoms with E-state index in [0.717, 1.165) is 5.56 Å². The second-order valence-electron chi connectivity index (χ2n) is 7.40. The van der Waals surface area contributed by atoms with Gasteiger partial charge in [0.2, 0.25) is 0 Å². The van der Waals surface area contributed by atoms with E-state index in [1.807, 2.05) is 49.3 Å². The number of carbonyl (C=O) groups is 1. The summed E-state index contributed by atoms with van der Waals surface area (Å²) < 4.78 is 13.1. The summed E-state index contributed by atoms with van der Waals surface area (Å²) in [7, 11) is 3.85. The molecule has 0 saturated heterocycles. The van der Waals surface area contributed by atoms with Crippen LogP contribution in [0.15, 0.2) is 59.4 Å². The molecule has 1 unspecified atom stereocenters. The molecule has 3 aromatic rings. The summed E-state index contributed by atoms with van der Waals surface area (Å²) in [5.41, 5.74) is 0.978. The van der Waals surface area contributed by atoms with Crippen LogP contribution in [-0.4, -0.2) is 40.0 Å². The van der Waals surface area contributed by atoms with Crippen molar-refractivity contribution >= 4 is 5.91 Å². The van der Waals surface area contributed by atoms with E-state index in [1.54, 1.807) is 12.1 Å². The van der Waals surface area contributed by atoms with Crippen LogP contribution in [-0.2, 0) is 19.6 Å². The lowest BCUT2D eigenvalue weighted by atomic mass is 10.0. The lowest BCUT2D eigenvalue weighted by Crippen LogP contribution is -2.31. The van der Waals surface area contributed by atoms with Crippen molar-refractivity contribution < 1.29 is 14.3 Å². The van der Waals surface area contributed by atoms with Crippen LogP contribution in [0.4, 0.5) is 4.39 Å². The Morgan fingerprint density at radius 2 is 1.84 bits per heavy atom. The van der Waals surface area contributed by atoms with Gasteiger partial charge in [-0.25, -0.2) is 9.37 Å². The number of amides is 1. The van der Waals surface area contributed by atoms with Crippen LogP contribution < -0.4 is 10.9 Å². The molecule has 31 heavy (non-hydrogen) atoms. The molecule has 8 heteroatoms. The minimum atomic E-state index is -0.613. The van der Waals surface area contributed by atoms with E-state index in [2.05, 4.69) is 15.3 Å². The Balaban J connectivity index is 1.85.